The maximum atomic E-state index is 8.06. The number of unbranched alkanes of at least 4 members (excludes halogenated alkanes) is 4. The lowest BCUT2D eigenvalue weighted by Crippen LogP contribution is -2.06. The van der Waals surface area contributed by atoms with Crippen LogP contribution in [0.5, 0.6) is 0 Å². The van der Waals surface area contributed by atoms with Crippen LogP contribution in [0.2, 0.25) is 0 Å². The third-order valence-corrected chi connectivity index (χ3v) is 1.21. The van der Waals surface area contributed by atoms with Gasteiger partial charge in [0, 0.05) is 6.10 Å². The summed E-state index contributed by atoms with van der Waals surface area (Å²) in [5, 5.41) is 8.06. The first kappa shape index (κ1) is 20.3. The molecule has 0 rings (SSSR count). The van der Waals surface area contributed by atoms with Gasteiger partial charge in [0.2, 0.25) is 0 Å². The van der Waals surface area contributed by atoms with Crippen molar-refractivity contribution in [1.29, 1.82) is 0 Å². The Labute approximate surface area is 97.3 Å². The van der Waals surface area contributed by atoms with Crippen LogP contribution in [0.15, 0.2) is 0 Å². The van der Waals surface area contributed by atoms with E-state index < -0.39 is 0 Å². The highest BCUT2D eigenvalue weighted by Gasteiger charge is 1.80. The van der Waals surface area contributed by atoms with Gasteiger partial charge in [-0.2, -0.15) is 0 Å². The molecule has 0 radical (unpaired) electrons. The average Bonchev–Trinajstić information content (AvgIpc) is 2.03. The van der Waals surface area contributed by atoms with Gasteiger partial charge < -0.3 is 10.8 Å². The SMILES string of the molecule is CC(C)N.CC(C)O.CCCCCCC. The first-order valence-electron chi connectivity index (χ1n) is 6.32. The third-order valence-electron chi connectivity index (χ3n) is 1.21. The van der Waals surface area contributed by atoms with Crippen molar-refractivity contribution in [3.05, 3.63) is 0 Å². The van der Waals surface area contributed by atoms with E-state index in [-0.39, 0.29) is 6.10 Å². The van der Waals surface area contributed by atoms with Gasteiger partial charge in [0.25, 0.3) is 0 Å². The van der Waals surface area contributed by atoms with Gasteiger partial charge in [-0.25, -0.2) is 0 Å². The fraction of sp³-hybridized carbons (Fsp3) is 1.00. The van der Waals surface area contributed by atoms with Crippen LogP contribution in [0.25, 0.3) is 0 Å². The van der Waals surface area contributed by atoms with Gasteiger partial charge in [0.15, 0.2) is 0 Å². The predicted octanol–water partition coefficient (Wildman–Crippen LogP) is 3.72. The lowest BCUT2D eigenvalue weighted by Gasteiger charge is -1.90. The summed E-state index contributed by atoms with van der Waals surface area (Å²) in [5.74, 6) is 0. The topological polar surface area (TPSA) is 46.2 Å². The van der Waals surface area contributed by atoms with Crippen LogP contribution in [-0.4, -0.2) is 17.3 Å². The number of nitrogens with two attached hydrogens (primary N) is 1. The molecular weight excluding hydrogens is 186 g/mol. The van der Waals surface area contributed by atoms with Crippen LogP contribution in [0, 0.1) is 0 Å². The highest BCUT2D eigenvalue weighted by Crippen LogP contribution is 2.00. The van der Waals surface area contributed by atoms with Gasteiger partial charge in [-0.15, -0.1) is 0 Å². The smallest absolute Gasteiger partial charge is 0.0483 e. The Morgan fingerprint density at radius 2 is 1.07 bits per heavy atom. The highest BCUT2D eigenvalue weighted by atomic mass is 16.3. The lowest BCUT2D eigenvalue weighted by molar-refractivity contribution is 0.216. The van der Waals surface area contributed by atoms with E-state index in [1.807, 2.05) is 13.8 Å². The molecule has 0 aromatic heterocycles. The molecule has 0 aliphatic heterocycles. The standard InChI is InChI=1S/C7H16.C3H9N.C3H8O/c1-3-5-7-6-4-2;2*1-3(2)4/h3-7H2,1-2H3;3H,4H2,1-2H3;3-4H,1-2H3. The molecular formula is C13H33NO. The normalized spacial score (nSPS) is 9.20. The van der Waals surface area contributed by atoms with Crippen molar-refractivity contribution >= 4 is 0 Å². The summed E-state index contributed by atoms with van der Waals surface area (Å²) in [6.45, 7) is 11.8. The Balaban J connectivity index is -0.000000155. The summed E-state index contributed by atoms with van der Waals surface area (Å²) in [4.78, 5) is 0. The third kappa shape index (κ3) is 129. The molecule has 0 unspecified atom stereocenters. The zero-order chi connectivity index (χ0) is 12.7. The van der Waals surface area contributed by atoms with E-state index in [1.165, 1.54) is 32.1 Å². The summed E-state index contributed by atoms with van der Waals surface area (Å²) in [5.41, 5.74) is 5.11. The van der Waals surface area contributed by atoms with E-state index in [0.717, 1.165) is 0 Å². The minimum Gasteiger partial charge on any atom is -0.394 e. The molecule has 0 saturated heterocycles. The highest BCUT2D eigenvalue weighted by molar-refractivity contribution is 4.36. The van der Waals surface area contributed by atoms with Crippen LogP contribution in [0.3, 0.4) is 0 Å². The van der Waals surface area contributed by atoms with Gasteiger partial charge in [0.1, 0.15) is 0 Å². The first-order chi connectivity index (χ1) is 6.88. The molecule has 2 heteroatoms. The average molecular weight is 219 g/mol. The Hall–Kier alpha value is -0.0800. The molecule has 3 N–H and O–H groups in total. The molecule has 0 aliphatic carbocycles. The zero-order valence-electron chi connectivity index (χ0n) is 11.7. The first-order valence-corrected chi connectivity index (χ1v) is 6.32. The number of aliphatic hydroxyl groups excluding tert-OH is 1. The van der Waals surface area contributed by atoms with Crippen LogP contribution in [-0.2, 0) is 0 Å². The van der Waals surface area contributed by atoms with Gasteiger partial charge >= 0.3 is 0 Å². The largest absolute Gasteiger partial charge is 0.394 e. The predicted molar refractivity (Wildman–Crippen MR) is 71.1 cm³/mol. The van der Waals surface area contributed by atoms with E-state index in [4.69, 9.17) is 10.8 Å². The van der Waals surface area contributed by atoms with Crippen LogP contribution in [0.1, 0.15) is 73.6 Å². The molecule has 15 heavy (non-hydrogen) atoms. The van der Waals surface area contributed by atoms with Crippen molar-refractivity contribution in [3.63, 3.8) is 0 Å². The van der Waals surface area contributed by atoms with Crippen molar-refractivity contribution in [2.75, 3.05) is 0 Å². The van der Waals surface area contributed by atoms with Gasteiger partial charge in [-0.1, -0.05) is 59.8 Å². The van der Waals surface area contributed by atoms with E-state index in [2.05, 4.69) is 13.8 Å². The Bertz CT molecular complexity index is 67.1. The molecule has 0 spiro atoms. The second-order valence-electron chi connectivity index (χ2n) is 4.40. The molecule has 0 bridgehead atoms. The minimum absolute atomic E-state index is 0.167. The summed E-state index contributed by atoms with van der Waals surface area (Å²) in [6.07, 6.45) is 6.84. The van der Waals surface area contributed by atoms with Crippen molar-refractivity contribution in [1.82, 2.24) is 0 Å². The molecule has 0 heterocycles. The number of rotatable bonds is 4. The van der Waals surface area contributed by atoms with E-state index in [0.29, 0.717) is 6.04 Å². The fourth-order valence-electron chi connectivity index (χ4n) is 0.677. The number of hydrogen-bond donors (Lipinski definition) is 2. The van der Waals surface area contributed by atoms with Crippen LogP contribution in [0.4, 0.5) is 0 Å². The monoisotopic (exact) mass is 219 g/mol. The van der Waals surface area contributed by atoms with Gasteiger partial charge in [-0.3, -0.25) is 0 Å². The molecule has 0 atom stereocenters. The fourth-order valence-corrected chi connectivity index (χ4v) is 0.677. The van der Waals surface area contributed by atoms with Gasteiger partial charge in [0.05, 0.1) is 0 Å². The minimum atomic E-state index is -0.167. The van der Waals surface area contributed by atoms with E-state index in [1.54, 1.807) is 13.8 Å². The van der Waals surface area contributed by atoms with Crippen molar-refractivity contribution in [2.45, 2.75) is 85.8 Å². The maximum absolute atomic E-state index is 8.06. The second kappa shape index (κ2) is 19.5. The van der Waals surface area contributed by atoms with Crippen molar-refractivity contribution in [2.24, 2.45) is 5.73 Å². The van der Waals surface area contributed by atoms with Crippen molar-refractivity contribution < 1.29 is 5.11 Å². The Kier molecular flexibility index (Phi) is 26.4. The lowest BCUT2D eigenvalue weighted by atomic mass is 10.2. The summed E-state index contributed by atoms with van der Waals surface area (Å²) >= 11 is 0. The molecule has 0 aliphatic rings. The number of hydrogen-bond acceptors (Lipinski definition) is 2. The molecule has 0 amide bonds. The second-order valence-corrected chi connectivity index (χ2v) is 4.40. The quantitative estimate of drug-likeness (QED) is 0.708. The molecule has 0 aromatic carbocycles. The summed E-state index contributed by atoms with van der Waals surface area (Å²) in [7, 11) is 0. The maximum Gasteiger partial charge on any atom is 0.0483 e. The summed E-state index contributed by atoms with van der Waals surface area (Å²) in [6, 6.07) is 0.333. The molecule has 0 saturated carbocycles. The van der Waals surface area contributed by atoms with Crippen LogP contribution < -0.4 is 5.73 Å². The number of aliphatic hydroxyl groups is 1. The van der Waals surface area contributed by atoms with Gasteiger partial charge in [-0.05, 0) is 19.9 Å². The van der Waals surface area contributed by atoms with E-state index >= 15 is 0 Å². The molecule has 2 nitrogen and oxygen atoms in total. The zero-order valence-corrected chi connectivity index (χ0v) is 11.7. The van der Waals surface area contributed by atoms with Crippen LogP contribution >= 0.6 is 0 Å². The van der Waals surface area contributed by atoms with E-state index in [9.17, 15) is 0 Å². The summed E-state index contributed by atoms with van der Waals surface area (Å²) < 4.78 is 0. The molecule has 0 fully saturated rings. The molecule has 0 aromatic rings. The molecule has 96 valence electrons. The van der Waals surface area contributed by atoms with Crippen molar-refractivity contribution in [3.8, 4) is 0 Å². The Morgan fingerprint density at radius 1 is 0.867 bits per heavy atom. The Morgan fingerprint density at radius 3 is 1.20 bits per heavy atom.